The van der Waals surface area contributed by atoms with Crippen molar-refractivity contribution >= 4 is 34.7 Å². The molecule has 1 aliphatic rings. The van der Waals surface area contributed by atoms with E-state index in [4.69, 9.17) is 9.72 Å². The van der Waals surface area contributed by atoms with Gasteiger partial charge in [0.25, 0.3) is 0 Å². The smallest absolute Gasteiger partial charge is 0.363 e. The number of esters is 1. The number of hydrogen-bond acceptors (Lipinski definition) is 5. The van der Waals surface area contributed by atoms with Crippen LogP contribution in [0.25, 0.3) is 17.0 Å². The van der Waals surface area contributed by atoms with Crippen molar-refractivity contribution in [3.05, 3.63) is 77.0 Å². The maximum Gasteiger partial charge on any atom is 0.363 e. The van der Waals surface area contributed by atoms with Gasteiger partial charge in [-0.25, -0.2) is 14.8 Å². The summed E-state index contributed by atoms with van der Waals surface area (Å²) in [7, 11) is 3.86. The van der Waals surface area contributed by atoms with Crippen molar-refractivity contribution in [1.82, 2.24) is 4.98 Å². The van der Waals surface area contributed by atoms with E-state index in [0.717, 1.165) is 33.4 Å². The van der Waals surface area contributed by atoms with Gasteiger partial charge in [0.05, 0.1) is 5.52 Å². The number of fused-ring (bicyclic) bond motifs is 1. The van der Waals surface area contributed by atoms with Crippen molar-refractivity contribution < 1.29 is 9.53 Å². The Labute approximate surface area is 157 Å². The molecule has 0 unspecified atom stereocenters. The Balaban J connectivity index is 1.82. The molecule has 0 bridgehead atoms. The van der Waals surface area contributed by atoms with Crippen LogP contribution in [0.2, 0.25) is 0 Å². The van der Waals surface area contributed by atoms with Crippen molar-refractivity contribution in [2.24, 2.45) is 4.99 Å². The van der Waals surface area contributed by atoms with Crippen LogP contribution in [0.15, 0.2) is 65.3 Å². The predicted molar refractivity (Wildman–Crippen MR) is 108 cm³/mol. The number of hydrogen-bond donors (Lipinski definition) is 0. The Hall–Kier alpha value is -3.47. The predicted octanol–water partition coefficient (Wildman–Crippen LogP) is 3.95. The maximum atomic E-state index is 12.3. The van der Waals surface area contributed by atoms with Crippen LogP contribution in [0.5, 0.6) is 0 Å². The molecule has 134 valence electrons. The molecule has 0 saturated heterocycles. The molecule has 3 aromatic rings. The first kappa shape index (κ1) is 17.0. The second kappa shape index (κ2) is 6.68. The lowest BCUT2D eigenvalue weighted by Gasteiger charge is -2.15. The Morgan fingerprint density at radius 2 is 1.81 bits per heavy atom. The molecule has 4 rings (SSSR count). The molecular formula is C22H19N3O2. The van der Waals surface area contributed by atoms with Gasteiger partial charge in [-0.05, 0) is 42.8 Å². The van der Waals surface area contributed by atoms with Crippen LogP contribution in [0.3, 0.4) is 0 Å². The van der Waals surface area contributed by atoms with Gasteiger partial charge >= 0.3 is 5.97 Å². The van der Waals surface area contributed by atoms with E-state index in [1.54, 1.807) is 6.08 Å². The zero-order valence-electron chi connectivity index (χ0n) is 15.4. The molecule has 0 atom stereocenters. The highest BCUT2D eigenvalue weighted by molar-refractivity contribution is 6.13. The number of pyridine rings is 1. The summed E-state index contributed by atoms with van der Waals surface area (Å²) in [6.07, 6.45) is 1.74. The number of rotatable bonds is 3. The first-order chi connectivity index (χ1) is 13.0. The minimum absolute atomic E-state index is 0.269. The Bertz CT molecular complexity index is 1100. The number of aliphatic imine (C=N–C) groups is 1. The first-order valence-electron chi connectivity index (χ1n) is 8.68. The molecule has 2 aromatic carbocycles. The third-order valence-electron chi connectivity index (χ3n) is 4.34. The van der Waals surface area contributed by atoms with E-state index in [0.29, 0.717) is 5.90 Å². The molecule has 0 N–H and O–H groups in total. The van der Waals surface area contributed by atoms with Gasteiger partial charge in [-0.1, -0.05) is 30.3 Å². The summed E-state index contributed by atoms with van der Waals surface area (Å²) in [6, 6.07) is 17.5. The van der Waals surface area contributed by atoms with Crippen LogP contribution in [0.1, 0.15) is 16.7 Å². The molecule has 1 aromatic heterocycles. The van der Waals surface area contributed by atoms with E-state index < -0.39 is 5.97 Å². The minimum atomic E-state index is -0.456. The molecule has 0 amide bonds. The summed E-state index contributed by atoms with van der Waals surface area (Å²) >= 11 is 0. The van der Waals surface area contributed by atoms with Gasteiger partial charge in [-0.15, -0.1) is 0 Å². The maximum absolute atomic E-state index is 12.3. The fourth-order valence-electron chi connectivity index (χ4n) is 3.01. The molecule has 0 spiro atoms. The quantitative estimate of drug-likeness (QED) is 0.526. The van der Waals surface area contributed by atoms with Crippen LogP contribution in [0, 0.1) is 6.92 Å². The lowest BCUT2D eigenvalue weighted by molar-refractivity contribution is -0.129. The number of aryl methyl sites for hydroxylation is 1. The third kappa shape index (κ3) is 3.31. The van der Waals surface area contributed by atoms with Crippen LogP contribution >= 0.6 is 0 Å². The fourth-order valence-corrected chi connectivity index (χ4v) is 3.01. The Morgan fingerprint density at radius 1 is 1.04 bits per heavy atom. The Morgan fingerprint density at radius 3 is 2.56 bits per heavy atom. The summed E-state index contributed by atoms with van der Waals surface area (Å²) in [5.41, 5.74) is 3.94. The average molecular weight is 357 g/mol. The monoisotopic (exact) mass is 357 g/mol. The van der Waals surface area contributed by atoms with Crippen LogP contribution in [0.4, 0.5) is 5.82 Å². The minimum Gasteiger partial charge on any atom is -0.402 e. The molecular weight excluding hydrogens is 338 g/mol. The van der Waals surface area contributed by atoms with Crippen molar-refractivity contribution in [1.29, 1.82) is 0 Å². The number of aromatic nitrogens is 1. The topological polar surface area (TPSA) is 54.8 Å². The summed E-state index contributed by atoms with van der Waals surface area (Å²) in [4.78, 5) is 23.4. The fraction of sp³-hybridized carbons (Fsp3) is 0.136. The van der Waals surface area contributed by atoms with E-state index >= 15 is 0 Å². The second-order valence-corrected chi connectivity index (χ2v) is 6.69. The van der Waals surface area contributed by atoms with E-state index in [-0.39, 0.29) is 5.70 Å². The van der Waals surface area contributed by atoms with Gasteiger partial charge in [-0.3, -0.25) is 0 Å². The van der Waals surface area contributed by atoms with Gasteiger partial charge in [0.1, 0.15) is 5.82 Å². The molecule has 1 aliphatic heterocycles. The highest BCUT2D eigenvalue weighted by Crippen LogP contribution is 2.27. The third-order valence-corrected chi connectivity index (χ3v) is 4.34. The average Bonchev–Trinajstić information content (AvgIpc) is 3.02. The molecule has 5 nitrogen and oxygen atoms in total. The van der Waals surface area contributed by atoms with Crippen LogP contribution in [-0.2, 0) is 9.53 Å². The van der Waals surface area contributed by atoms with Gasteiger partial charge in [0.2, 0.25) is 5.90 Å². The summed E-state index contributed by atoms with van der Waals surface area (Å²) in [6.45, 7) is 2.04. The van der Waals surface area contributed by atoms with E-state index in [2.05, 4.69) is 11.1 Å². The molecule has 5 heteroatoms. The molecule has 0 aliphatic carbocycles. The zero-order chi connectivity index (χ0) is 19.0. The van der Waals surface area contributed by atoms with Gasteiger partial charge < -0.3 is 9.64 Å². The van der Waals surface area contributed by atoms with Crippen molar-refractivity contribution in [3.8, 4) is 0 Å². The zero-order valence-corrected chi connectivity index (χ0v) is 15.4. The first-order valence-corrected chi connectivity index (χ1v) is 8.68. The lowest BCUT2D eigenvalue weighted by Crippen LogP contribution is -2.12. The largest absolute Gasteiger partial charge is 0.402 e. The summed E-state index contributed by atoms with van der Waals surface area (Å²) in [5.74, 6) is 0.641. The van der Waals surface area contributed by atoms with Crippen molar-refractivity contribution in [2.45, 2.75) is 6.92 Å². The number of anilines is 1. The molecule has 27 heavy (non-hydrogen) atoms. The Kier molecular flexibility index (Phi) is 4.20. The number of carbonyl (C=O) groups is 1. The molecule has 0 saturated carbocycles. The summed E-state index contributed by atoms with van der Waals surface area (Å²) in [5, 5.41) is 1.01. The molecule has 2 heterocycles. The van der Waals surface area contributed by atoms with Crippen molar-refractivity contribution in [2.75, 3.05) is 19.0 Å². The lowest BCUT2D eigenvalue weighted by atomic mass is 10.1. The number of cyclic esters (lactones) is 1. The standard InChI is InChI=1S/C22H19N3O2/c1-14-9-10-16-12-17(20(25(2)3)23-18(16)11-14)13-19-22(26)27-21(24-19)15-7-5-4-6-8-15/h4-13H,1-3H3/b19-13-. The van der Waals surface area contributed by atoms with Crippen LogP contribution < -0.4 is 4.90 Å². The second-order valence-electron chi connectivity index (χ2n) is 6.69. The normalized spacial score (nSPS) is 15.1. The van der Waals surface area contributed by atoms with Crippen LogP contribution in [-0.4, -0.2) is 30.9 Å². The molecule has 0 radical (unpaired) electrons. The van der Waals surface area contributed by atoms with E-state index in [1.165, 1.54) is 0 Å². The van der Waals surface area contributed by atoms with E-state index in [9.17, 15) is 4.79 Å². The highest BCUT2D eigenvalue weighted by atomic mass is 16.6. The van der Waals surface area contributed by atoms with Crippen molar-refractivity contribution in [3.63, 3.8) is 0 Å². The van der Waals surface area contributed by atoms with Gasteiger partial charge in [0, 0.05) is 30.6 Å². The molecule has 0 fully saturated rings. The van der Waals surface area contributed by atoms with Gasteiger partial charge in [-0.2, -0.15) is 0 Å². The SMILES string of the molecule is Cc1ccc2cc(/C=C3\N=C(c4ccccc4)OC3=O)c(N(C)C)nc2c1. The van der Waals surface area contributed by atoms with E-state index in [1.807, 2.05) is 74.4 Å². The van der Waals surface area contributed by atoms with Gasteiger partial charge in [0.15, 0.2) is 5.70 Å². The number of nitrogens with zero attached hydrogens (tertiary/aromatic N) is 3. The highest BCUT2D eigenvalue weighted by Gasteiger charge is 2.24. The summed E-state index contributed by atoms with van der Waals surface area (Å²) < 4.78 is 5.34. The number of ether oxygens (including phenoxy) is 1. The number of carbonyl (C=O) groups excluding carboxylic acids is 1. The number of benzene rings is 2.